The summed E-state index contributed by atoms with van der Waals surface area (Å²) in [6.45, 7) is 13.3. The lowest BCUT2D eigenvalue weighted by Gasteiger charge is -2.28. The van der Waals surface area contributed by atoms with Crippen molar-refractivity contribution in [1.82, 2.24) is 5.32 Å². The molecule has 3 aromatic rings. The Morgan fingerprint density at radius 3 is 2.05 bits per heavy atom. The highest BCUT2D eigenvalue weighted by atomic mass is 16.6. The van der Waals surface area contributed by atoms with E-state index in [9.17, 15) is 14.7 Å². The Balaban J connectivity index is 1.51. The molecule has 40 heavy (non-hydrogen) atoms. The van der Waals surface area contributed by atoms with E-state index in [-0.39, 0.29) is 29.1 Å². The number of anilines is 1. The molecular formula is C33H40N2O5. The number of amides is 2. The second-order valence-electron chi connectivity index (χ2n) is 12.3. The van der Waals surface area contributed by atoms with Crippen molar-refractivity contribution in [1.29, 1.82) is 0 Å². The van der Waals surface area contributed by atoms with Gasteiger partial charge in [-0.2, -0.15) is 0 Å². The van der Waals surface area contributed by atoms with Crippen LogP contribution >= 0.6 is 0 Å². The molecule has 0 fully saturated rings. The fourth-order valence-electron chi connectivity index (χ4n) is 4.75. The lowest BCUT2D eigenvalue weighted by atomic mass is 9.78. The minimum absolute atomic E-state index is 0.193. The van der Waals surface area contributed by atoms with Crippen molar-refractivity contribution in [2.24, 2.45) is 0 Å². The summed E-state index contributed by atoms with van der Waals surface area (Å²) in [5.74, 6) is 0.922. The minimum Gasteiger partial charge on any atom is -0.507 e. The van der Waals surface area contributed by atoms with Gasteiger partial charge in [0.15, 0.2) is 11.5 Å². The van der Waals surface area contributed by atoms with Crippen LogP contribution in [0, 0.1) is 0 Å². The average Bonchev–Trinajstić information content (AvgIpc) is 2.90. The van der Waals surface area contributed by atoms with E-state index in [1.54, 1.807) is 18.2 Å². The molecule has 0 saturated heterocycles. The molecule has 1 aliphatic heterocycles. The molecule has 0 unspecified atom stereocenters. The van der Waals surface area contributed by atoms with Gasteiger partial charge < -0.3 is 25.2 Å². The van der Waals surface area contributed by atoms with Gasteiger partial charge in [-0.25, -0.2) is 0 Å². The van der Waals surface area contributed by atoms with Gasteiger partial charge in [0, 0.05) is 18.2 Å². The van der Waals surface area contributed by atoms with E-state index in [4.69, 9.17) is 9.47 Å². The topological polar surface area (TPSA) is 96.9 Å². The molecule has 0 aliphatic carbocycles. The highest BCUT2D eigenvalue weighted by Gasteiger charge is 2.27. The van der Waals surface area contributed by atoms with Crippen LogP contribution in [0.3, 0.4) is 0 Å². The molecule has 4 rings (SSSR count). The first-order valence-electron chi connectivity index (χ1n) is 13.7. The third kappa shape index (κ3) is 6.95. The Morgan fingerprint density at radius 1 is 0.850 bits per heavy atom. The molecule has 3 aromatic carbocycles. The zero-order valence-electron chi connectivity index (χ0n) is 24.3. The number of carbonyl (C=O) groups is 2. The Morgan fingerprint density at radius 2 is 1.45 bits per heavy atom. The maximum Gasteiger partial charge on any atom is 0.251 e. The third-order valence-electron chi connectivity index (χ3n) is 6.94. The zero-order valence-corrected chi connectivity index (χ0v) is 24.3. The second kappa shape index (κ2) is 11.6. The van der Waals surface area contributed by atoms with Crippen LogP contribution in [-0.2, 0) is 26.8 Å². The molecule has 0 radical (unpaired) electrons. The van der Waals surface area contributed by atoms with Gasteiger partial charge in [-0.15, -0.1) is 0 Å². The number of phenolic OH excluding ortho intramolecular Hbond substituents is 1. The number of nitrogens with one attached hydrogen (secondary N) is 2. The van der Waals surface area contributed by atoms with Crippen molar-refractivity contribution < 1.29 is 24.2 Å². The van der Waals surface area contributed by atoms with Gasteiger partial charge >= 0.3 is 0 Å². The molecule has 212 valence electrons. The van der Waals surface area contributed by atoms with Crippen LogP contribution in [0.1, 0.15) is 76.3 Å². The molecule has 1 heterocycles. The highest BCUT2D eigenvalue weighted by Crippen LogP contribution is 2.40. The summed E-state index contributed by atoms with van der Waals surface area (Å²) in [7, 11) is 0. The number of fused-ring (bicyclic) bond motifs is 1. The summed E-state index contributed by atoms with van der Waals surface area (Å²) in [6.07, 6.45) is 0.669. The van der Waals surface area contributed by atoms with E-state index in [2.05, 4.69) is 52.2 Å². The maximum atomic E-state index is 13.4. The molecule has 7 nitrogen and oxygen atoms in total. The predicted octanol–water partition coefficient (Wildman–Crippen LogP) is 6.19. The Kier molecular flexibility index (Phi) is 8.43. The fraction of sp³-hybridized carbons (Fsp3) is 0.394. The summed E-state index contributed by atoms with van der Waals surface area (Å²) >= 11 is 0. The molecule has 7 heteroatoms. The molecule has 0 saturated carbocycles. The van der Waals surface area contributed by atoms with Gasteiger partial charge in [0.2, 0.25) is 5.91 Å². The van der Waals surface area contributed by atoms with E-state index in [0.29, 0.717) is 48.1 Å². The first-order valence-corrected chi connectivity index (χ1v) is 13.7. The number of ether oxygens (including phenoxy) is 2. The van der Waals surface area contributed by atoms with Crippen LogP contribution in [0.4, 0.5) is 5.69 Å². The van der Waals surface area contributed by atoms with Crippen LogP contribution < -0.4 is 20.1 Å². The molecule has 2 amide bonds. The molecular weight excluding hydrogens is 504 g/mol. The molecule has 3 N–H and O–H groups in total. The number of phenols is 1. The zero-order chi connectivity index (χ0) is 29.1. The van der Waals surface area contributed by atoms with Gasteiger partial charge in [-0.1, -0.05) is 84.0 Å². The summed E-state index contributed by atoms with van der Waals surface area (Å²) in [5.41, 5.74) is 3.41. The van der Waals surface area contributed by atoms with Crippen LogP contribution in [0.15, 0.2) is 60.7 Å². The number of rotatable bonds is 7. The monoisotopic (exact) mass is 544 g/mol. The molecule has 0 aromatic heterocycles. The first kappa shape index (κ1) is 29.0. The Hall–Kier alpha value is -4.00. The van der Waals surface area contributed by atoms with Gasteiger partial charge in [0.25, 0.3) is 5.91 Å². The van der Waals surface area contributed by atoms with E-state index >= 15 is 0 Å². The van der Waals surface area contributed by atoms with Gasteiger partial charge in [-0.3, -0.25) is 9.59 Å². The van der Waals surface area contributed by atoms with Crippen LogP contribution in [0.5, 0.6) is 17.2 Å². The summed E-state index contributed by atoms with van der Waals surface area (Å²) in [5, 5.41) is 16.9. The number of benzene rings is 3. The van der Waals surface area contributed by atoms with Crippen LogP contribution in [0.25, 0.3) is 0 Å². The number of aryl methyl sites for hydroxylation is 1. The molecule has 0 bridgehead atoms. The van der Waals surface area contributed by atoms with Crippen LogP contribution in [-0.4, -0.2) is 30.1 Å². The number of carbonyl (C=O) groups excluding carboxylic acids is 2. The third-order valence-corrected chi connectivity index (χ3v) is 6.94. The quantitative estimate of drug-likeness (QED) is 0.330. The van der Waals surface area contributed by atoms with E-state index in [1.165, 1.54) is 0 Å². The van der Waals surface area contributed by atoms with Crippen LogP contribution in [0.2, 0.25) is 0 Å². The van der Waals surface area contributed by atoms with Crippen molar-refractivity contribution in [3.05, 3.63) is 82.9 Å². The van der Waals surface area contributed by atoms with Gasteiger partial charge in [0.05, 0.1) is 0 Å². The van der Waals surface area contributed by atoms with E-state index < -0.39 is 6.04 Å². The van der Waals surface area contributed by atoms with Gasteiger partial charge in [0.1, 0.15) is 25.0 Å². The van der Waals surface area contributed by atoms with Crippen molar-refractivity contribution in [2.75, 3.05) is 18.5 Å². The lowest BCUT2D eigenvalue weighted by molar-refractivity contribution is -0.126. The fourth-order valence-corrected chi connectivity index (χ4v) is 4.75. The summed E-state index contributed by atoms with van der Waals surface area (Å²) in [6, 6.07) is 17.5. The van der Waals surface area contributed by atoms with Gasteiger partial charge in [-0.05, 0) is 51.6 Å². The summed E-state index contributed by atoms with van der Waals surface area (Å²) in [4.78, 5) is 26.6. The average molecular weight is 545 g/mol. The first-order chi connectivity index (χ1) is 18.8. The van der Waals surface area contributed by atoms with Crippen molar-refractivity contribution in [3.63, 3.8) is 0 Å². The lowest BCUT2D eigenvalue weighted by Crippen LogP contribution is -2.37. The molecule has 0 spiro atoms. The highest BCUT2D eigenvalue weighted by molar-refractivity contribution is 5.98. The SMILES string of the molecule is CC(C)(C)c1cc(CCC(=O)N[C@H](C(=O)Nc2ccc3c(c2)OCCO3)c2ccccc2)cc(C(C)(C)C)c1O. The number of hydrogen-bond donors (Lipinski definition) is 3. The van der Waals surface area contributed by atoms with Crippen molar-refractivity contribution in [2.45, 2.75) is 71.3 Å². The van der Waals surface area contributed by atoms with Crippen molar-refractivity contribution in [3.8, 4) is 17.2 Å². The largest absolute Gasteiger partial charge is 0.507 e. The maximum absolute atomic E-state index is 13.4. The normalized spacial score (nSPS) is 13.8. The number of aromatic hydroxyl groups is 1. The minimum atomic E-state index is -0.878. The summed E-state index contributed by atoms with van der Waals surface area (Å²) < 4.78 is 11.2. The van der Waals surface area contributed by atoms with E-state index in [1.807, 2.05) is 42.5 Å². The number of hydrogen-bond acceptors (Lipinski definition) is 5. The smallest absolute Gasteiger partial charge is 0.251 e. The standard InChI is InChI=1S/C33H40N2O5/c1-32(2,3)24-18-21(19-25(30(24)37)33(4,5)6)12-15-28(36)35-29(22-10-8-7-9-11-22)31(38)34-23-13-14-26-27(20-23)40-17-16-39-26/h7-11,13-14,18-20,29,37H,12,15-17H2,1-6H3,(H,34,38)(H,35,36)/t29-/m0/s1. The Bertz CT molecular complexity index is 1330. The predicted molar refractivity (Wildman–Crippen MR) is 157 cm³/mol. The Labute approximate surface area is 236 Å². The second-order valence-corrected chi connectivity index (χ2v) is 12.3. The van der Waals surface area contributed by atoms with Crippen molar-refractivity contribution >= 4 is 17.5 Å². The van der Waals surface area contributed by atoms with E-state index in [0.717, 1.165) is 16.7 Å². The molecule has 1 atom stereocenters. The molecule has 1 aliphatic rings.